The van der Waals surface area contributed by atoms with Gasteiger partial charge in [-0.15, -0.1) is 0 Å². The zero-order valence-electron chi connectivity index (χ0n) is 11.2. The van der Waals surface area contributed by atoms with E-state index in [0.29, 0.717) is 23.0 Å². The van der Waals surface area contributed by atoms with Crippen molar-refractivity contribution in [1.82, 2.24) is 0 Å². The molecule has 21 heavy (non-hydrogen) atoms. The molecule has 4 nitrogen and oxygen atoms in total. The molecule has 0 aromatic heterocycles. The van der Waals surface area contributed by atoms with Gasteiger partial charge in [0.2, 0.25) is 0 Å². The number of nitrogens with one attached hydrogen (secondary N) is 1. The highest BCUT2D eigenvalue weighted by atomic mass is 79.9. The Hall–Kier alpha value is -1.72. The van der Waals surface area contributed by atoms with Gasteiger partial charge in [0.15, 0.2) is 0 Å². The van der Waals surface area contributed by atoms with E-state index in [1.165, 1.54) is 19.2 Å². The number of carboxylic acids is 1. The molecule has 0 unspecified atom stereocenters. The standard InChI is InChI=1S/C15H13BrClNO3/c1-21-14-5-3-9(15(19)20)6-13(14)18-8-10-2-4-11(16)7-12(10)17/h2-7,18H,8H2,1H3,(H,19,20). The van der Waals surface area contributed by atoms with Crippen molar-refractivity contribution in [1.29, 1.82) is 0 Å². The number of ether oxygens (including phenoxy) is 1. The van der Waals surface area contributed by atoms with Crippen LogP contribution in [0.5, 0.6) is 5.75 Å². The van der Waals surface area contributed by atoms with Crippen LogP contribution in [0.1, 0.15) is 15.9 Å². The molecule has 6 heteroatoms. The minimum Gasteiger partial charge on any atom is -0.495 e. The maximum Gasteiger partial charge on any atom is 0.335 e. The average Bonchev–Trinajstić information content (AvgIpc) is 2.46. The largest absolute Gasteiger partial charge is 0.495 e. The molecule has 2 aromatic carbocycles. The molecule has 2 N–H and O–H groups in total. The first-order chi connectivity index (χ1) is 10.0. The first kappa shape index (κ1) is 15.7. The molecule has 0 radical (unpaired) electrons. The minimum absolute atomic E-state index is 0.195. The number of methoxy groups -OCH3 is 1. The van der Waals surface area contributed by atoms with Gasteiger partial charge in [0, 0.05) is 16.0 Å². The van der Waals surface area contributed by atoms with Crippen LogP contribution in [0.4, 0.5) is 5.69 Å². The van der Waals surface area contributed by atoms with Crippen LogP contribution in [0.25, 0.3) is 0 Å². The highest BCUT2D eigenvalue weighted by Crippen LogP contribution is 2.27. The molecule has 0 bridgehead atoms. The molecular weight excluding hydrogens is 358 g/mol. The summed E-state index contributed by atoms with van der Waals surface area (Å²) in [6.45, 7) is 0.464. The topological polar surface area (TPSA) is 58.6 Å². The number of aromatic carboxylic acids is 1. The highest BCUT2D eigenvalue weighted by Gasteiger charge is 2.09. The number of halogens is 2. The quantitative estimate of drug-likeness (QED) is 0.818. The van der Waals surface area contributed by atoms with Gasteiger partial charge < -0.3 is 15.2 Å². The van der Waals surface area contributed by atoms with Gasteiger partial charge in [-0.3, -0.25) is 0 Å². The molecule has 0 aliphatic carbocycles. The summed E-state index contributed by atoms with van der Waals surface area (Å²) in [5.41, 5.74) is 1.71. The van der Waals surface area contributed by atoms with Gasteiger partial charge in [-0.05, 0) is 35.9 Å². The van der Waals surface area contributed by atoms with Crippen LogP contribution in [0.2, 0.25) is 5.02 Å². The Morgan fingerprint density at radius 2 is 2.10 bits per heavy atom. The number of hydrogen-bond donors (Lipinski definition) is 2. The van der Waals surface area contributed by atoms with E-state index in [2.05, 4.69) is 21.2 Å². The van der Waals surface area contributed by atoms with E-state index < -0.39 is 5.97 Å². The normalized spacial score (nSPS) is 10.2. The van der Waals surface area contributed by atoms with Gasteiger partial charge in [-0.2, -0.15) is 0 Å². The van der Waals surface area contributed by atoms with E-state index >= 15 is 0 Å². The SMILES string of the molecule is COc1ccc(C(=O)O)cc1NCc1ccc(Br)cc1Cl. The predicted molar refractivity (Wildman–Crippen MR) is 86.4 cm³/mol. The molecule has 0 heterocycles. The molecule has 2 aromatic rings. The van der Waals surface area contributed by atoms with Crippen molar-refractivity contribution in [3.8, 4) is 5.75 Å². The zero-order chi connectivity index (χ0) is 15.4. The van der Waals surface area contributed by atoms with Gasteiger partial charge in [0.1, 0.15) is 5.75 Å². The van der Waals surface area contributed by atoms with Gasteiger partial charge in [-0.25, -0.2) is 4.79 Å². The average molecular weight is 371 g/mol. The monoisotopic (exact) mass is 369 g/mol. The maximum atomic E-state index is 11.0. The first-order valence-electron chi connectivity index (χ1n) is 6.10. The van der Waals surface area contributed by atoms with Gasteiger partial charge in [0.05, 0.1) is 18.4 Å². The summed E-state index contributed by atoms with van der Waals surface area (Å²) in [5.74, 6) is -0.407. The van der Waals surface area contributed by atoms with E-state index in [1.54, 1.807) is 6.07 Å². The second-order valence-corrected chi connectivity index (χ2v) is 5.63. The molecule has 0 spiro atoms. The Bertz CT molecular complexity index is 676. The number of hydrogen-bond acceptors (Lipinski definition) is 3. The number of carboxylic acid groups (broad SMARTS) is 1. The van der Waals surface area contributed by atoms with Crippen molar-refractivity contribution in [3.63, 3.8) is 0 Å². The molecular formula is C15H13BrClNO3. The summed E-state index contributed by atoms with van der Waals surface area (Å²) in [4.78, 5) is 11.0. The fourth-order valence-corrected chi connectivity index (χ4v) is 2.57. The Morgan fingerprint density at radius 3 is 2.71 bits per heavy atom. The third-order valence-corrected chi connectivity index (χ3v) is 3.78. The summed E-state index contributed by atoms with van der Waals surface area (Å²) in [6, 6.07) is 10.3. The number of benzene rings is 2. The van der Waals surface area contributed by atoms with Crippen LogP contribution in [0.3, 0.4) is 0 Å². The number of rotatable bonds is 5. The summed E-state index contributed by atoms with van der Waals surface area (Å²) in [5, 5.41) is 12.8. The Balaban J connectivity index is 2.22. The van der Waals surface area contributed by atoms with E-state index in [9.17, 15) is 4.79 Å². The van der Waals surface area contributed by atoms with Crippen molar-refractivity contribution in [2.45, 2.75) is 6.54 Å². The van der Waals surface area contributed by atoms with E-state index in [-0.39, 0.29) is 5.56 Å². The molecule has 0 aliphatic rings. The van der Waals surface area contributed by atoms with E-state index in [4.69, 9.17) is 21.4 Å². The zero-order valence-corrected chi connectivity index (χ0v) is 13.5. The summed E-state index contributed by atoms with van der Waals surface area (Å²) in [7, 11) is 1.54. The summed E-state index contributed by atoms with van der Waals surface area (Å²) >= 11 is 9.51. The number of anilines is 1. The molecule has 0 fully saturated rings. The molecule has 0 amide bonds. The van der Waals surface area contributed by atoms with Crippen molar-refractivity contribution in [2.75, 3.05) is 12.4 Å². The number of carbonyl (C=O) groups is 1. The van der Waals surface area contributed by atoms with Crippen LogP contribution in [-0.4, -0.2) is 18.2 Å². The van der Waals surface area contributed by atoms with Crippen molar-refractivity contribution in [2.24, 2.45) is 0 Å². The fourth-order valence-electron chi connectivity index (χ4n) is 1.83. The third-order valence-electron chi connectivity index (χ3n) is 2.93. The lowest BCUT2D eigenvalue weighted by Gasteiger charge is -2.13. The Labute approximate surface area is 135 Å². The minimum atomic E-state index is -0.984. The van der Waals surface area contributed by atoms with Gasteiger partial charge in [-0.1, -0.05) is 33.6 Å². The van der Waals surface area contributed by atoms with Crippen LogP contribution in [0.15, 0.2) is 40.9 Å². The lowest BCUT2D eigenvalue weighted by atomic mass is 10.1. The fraction of sp³-hybridized carbons (Fsp3) is 0.133. The molecule has 0 atom stereocenters. The molecule has 2 rings (SSSR count). The second-order valence-electron chi connectivity index (χ2n) is 4.31. The van der Waals surface area contributed by atoms with Gasteiger partial charge in [0.25, 0.3) is 0 Å². The molecule has 0 aliphatic heterocycles. The third kappa shape index (κ3) is 3.89. The molecule has 110 valence electrons. The van der Waals surface area contributed by atoms with E-state index in [1.807, 2.05) is 18.2 Å². The lowest BCUT2D eigenvalue weighted by Crippen LogP contribution is -2.04. The van der Waals surface area contributed by atoms with Crippen LogP contribution in [0, 0.1) is 0 Å². The lowest BCUT2D eigenvalue weighted by molar-refractivity contribution is 0.0697. The highest BCUT2D eigenvalue weighted by molar-refractivity contribution is 9.10. The van der Waals surface area contributed by atoms with Crippen molar-refractivity contribution >= 4 is 39.2 Å². The maximum absolute atomic E-state index is 11.0. The predicted octanol–water partition coefficient (Wildman–Crippen LogP) is 4.42. The van der Waals surface area contributed by atoms with Crippen molar-refractivity contribution in [3.05, 3.63) is 57.0 Å². The van der Waals surface area contributed by atoms with Gasteiger partial charge >= 0.3 is 5.97 Å². The Morgan fingerprint density at radius 1 is 1.33 bits per heavy atom. The van der Waals surface area contributed by atoms with E-state index in [0.717, 1.165) is 10.0 Å². The van der Waals surface area contributed by atoms with Crippen LogP contribution in [-0.2, 0) is 6.54 Å². The smallest absolute Gasteiger partial charge is 0.335 e. The first-order valence-corrected chi connectivity index (χ1v) is 7.27. The van der Waals surface area contributed by atoms with Crippen molar-refractivity contribution < 1.29 is 14.6 Å². The second kappa shape index (κ2) is 6.83. The molecule has 0 saturated carbocycles. The summed E-state index contributed by atoms with van der Waals surface area (Å²) in [6.07, 6.45) is 0. The molecule has 0 saturated heterocycles. The summed E-state index contributed by atoms with van der Waals surface area (Å²) < 4.78 is 6.13. The van der Waals surface area contributed by atoms with Crippen LogP contribution < -0.4 is 10.1 Å². The van der Waals surface area contributed by atoms with Crippen LogP contribution >= 0.6 is 27.5 Å². The Kier molecular flexibility index (Phi) is 5.09.